The van der Waals surface area contributed by atoms with Gasteiger partial charge in [-0.05, 0) is 7.05 Å². The van der Waals surface area contributed by atoms with Crippen LogP contribution < -0.4 is 0 Å². The van der Waals surface area contributed by atoms with E-state index < -0.39 is 0 Å². The summed E-state index contributed by atoms with van der Waals surface area (Å²) < 4.78 is 1.95. The van der Waals surface area contributed by atoms with Gasteiger partial charge in [0.1, 0.15) is 5.82 Å². The SMILES string of the molecule is CN(CC#N)Cc1nccn1C. The molecule has 0 radical (unpaired) electrons. The molecule has 12 heavy (non-hydrogen) atoms. The molecule has 0 saturated heterocycles. The highest BCUT2D eigenvalue weighted by Crippen LogP contribution is 1.97. The Morgan fingerprint density at radius 3 is 3.00 bits per heavy atom. The summed E-state index contributed by atoms with van der Waals surface area (Å²) >= 11 is 0. The Labute approximate surface area is 72.0 Å². The van der Waals surface area contributed by atoms with Gasteiger partial charge in [-0.15, -0.1) is 0 Å². The van der Waals surface area contributed by atoms with Crippen LogP contribution in [0.1, 0.15) is 5.82 Å². The van der Waals surface area contributed by atoms with Gasteiger partial charge in [0.25, 0.3) is 0 Å². The molecule has 0 N–H and O–H groups in total. The van der Waals surface area contributed by atoms with Gasteiger partial charge in [0, 0.05) is 19.4 Å². The molecular weight excluding hydrogens is 152 g/mol. The van der Waals surface area contributed by atoms with Crippen LogP contribution in [0.4, 0.5) is 0 Å². The fourth-order valence-corrected chi connectivity index (χ4v) is 0.967. The van der Waals surface area contributed by atoms with E-state index in [0.29, 0.717) is 6.54 Å². The second-order valence-electron chi connectivity index (χ2n) is 2.78. The normalized spacial score (nSPS) is 10.2. The quantitative estimate of drug-likeness (QED) is 0.606. The van der Waals surface area contributed by atoms with Crippen molar-refractivity contribution in [2.75, 3.05) is 13.6 Å². The van der Waals surface area contributed by atoms with Crippen molar-refractivity contribution in [3.05, 3.63) is 18.2 Å². The highest BCUT2D eigenvalue weighted by atomic mass is 15.1. The summed E-state index contributed by atoms with van der Waals surface area (Å²) in [5, 5.41) is 8.42. The Kier molecular flexibility index (Phi) is 2.83. The molecule has 0 amide bonds. The third-order valence-electron chi connectivity index (χ3n) is 1.67. The molecule has 0 saturated carbocycles. The molecule has 0 aromatic carbocycles. The van der Waals surface area contributed by atoms with E-state index in [1.54, 1.807) is 6.20 Å². The molecule has 1 aromatic heterocycles. The van der Waals surface area contributed by atoms with Crippen molar-refractivity contribution in [1.82, 2.24) is 14.5 Å². The predicted molar refractivity (Wildman–Crippen MR) is 45.2 cm³/mol. The average molecular weight is 164 g/mol. The molecule has 0 aliphatic rings. The van der Waals surface area contributed by atoms with Crippen LogP contribution in [0.25, 0.3) is 0 Å². The number of hydrogen-bond acceptors (Lipinski definition) is 3. The summed E-state index contributed by atoms with van der Waals surface area (Å²) in [6, 6.07) is 2.09. The molecule has 0 fully saturated rings. The highest BCUT2D eigenvalue weighted by Gasteiger charge is 2.02. The highest BCUT2D eigenvalue weighted by molar-refractivity contribution is 4.91. The second-order valence-corrected chi connectivity index (χ2v) is 2.78. The maximum absolute atomic E-state index is 8.42. The Morgan fingerprint density at radius 1 is 1.75 bits per heavy atom. The monoisotopic (exact) mass is 164 g/mol. The number of aromatic nitrogens is 2. The van der Waals surface area contributed by atoms with Gasteiger partial charge in [-0.3, -0.25) is 4.90 Å². The van der Waals surface area contributed by atoms with Gasteiger partial charge < -0.3 is 4.57 Å². The molecule has 0 atom stereocenters. The van der Waals surface area contributed by atoms with Crippen molar-refractivity contribution in [3.8, 4) is 6.07 Å². The molecule has 64 valence electrons. The summed E-state index contributed by atoms with van der Waals surface area (Å²) in [5.74, 6) is 0.979. The van der Waals surface area contributed by atoms with Gasteiger partial charge in [-0.1, -0.05) is 0 Å². The molecule has 1 rings (SSSR count). The standard InChI is InChI=1S/C8H12N4/c1-11(5-3-9)7-8-10-4-6-12(8)2/h4,6H,5,7H2,1-2H3. The van der Waals surface area contributed by atoms with Crippen LogP contribution in [0.3, 0.4) is 0 Å². The van der Waals surface area contributed by atoms with Gasteiger partial charge in [-0.25, -0.2) is 4.98 Å². The number of imidazole rings is 1. The molecule has 1 heterocycles. The molecular formula is C8H12N4. The zero-order valence-electron chi connectivity index (χ0n) is 7.36. The van der Waals surface area contributed by atoms with Gasteiger partial charge >= 0.3 is 0 Å². The summed E-state index contributed by atoms with van der Waals surface area (Å²) in [5.41, 5.74) is 0. The zero-order valence-corrected chi connectivity index (χ0v) is 7.36. The van der Waals surface area contributed by atoms with E-state index >= 15 is 0 Å². The summed E-state index contributed by atoms with van der Waals surface area (Å²) in [6.45, 7) is 1.16. The minimum atomic E-state index is 0.437. The van der Waals surface area contributed by atoms with Gasteiger partial charge in [0.2, 0.25) is 0 Å². The fourth-order valence-electron chi connectivity index (χ4n) is 0.967. The van der Waals surface area contributed by atoms with Crippen LogP contribution in [0.15, 0.2) is 12.4 Å². The first kappa shape index (κ1) is 8.75. The summed E-state index contributed by atoms with van der Waals surface area (Å²) in [6.07, 6.45) is 3.66. The van der Waals surface area contributed by atoms with Gasteiger partial charge in [-0.2, -0.15) is 5.26 Å². The van der Waals surface area contributed by atoms with Crippen molar-refractivity contribution in [2.45, 2.75) is 6.54 Å². The predicted octanol–water partition coefficient (Wildman–Crippen LogP) is 0.375. The largest absolute Gasteiger partial charge is 0.337 e. The lowest BCUT2D eigenvalue weighted by Gasteiger charge is -2.11. The van der Waals surface area contributed by atoms with E-state index in [4.69, 9.17) is 5.26 Å². The van der Waals surface area contributed by atoms with E-state index in [1.807, 2.05) is 29.8 Å². The lowest BCUT2D eigenvalue weighted by molar-refractivity contribution is 0.352. The fraction of sp³-hybridized carbons (Fsp3) is 0.500. The van der Waals surface area contributed by atoms with Crippen LogP contribution in [0.5, 0.6) is 0 Å². The first-order valence-corrected chi connectivity index (χ1v) is 3.75. The van der Waals surface area contributed by atoms with Crippen molar-refractivity contribution in [3.63, 3.8) is 0 Å². The third-order valence-corrected chi connectivity index (χ3v) is 1.67. The van der Waals surface area contributed by atoms with E-state index in [9.17, 15) is 0 Å². The molecule has 1 aromatic rings. The van der Waals surface area contributed by atoms with Crippen LogP contribution >= 0.6 is 0 Å². The van der Waals surface area contributed by atoms with E-state index in [0.717, 1.165) is 12.4 Å². The summed E-state index contributed by atoms with van der Waals surface area (Å²) in [4.78, 5) is 6.07. The molecule has 0 aliphatic heterocycles. The lowest BCUT2D eigenvalue weighted by Crippen LogP contribution is -2.19. The first-order chi connectivity index (χ1) is 5.74. The number of nitriles is 1. The van der Waals surface area contributed by atoms with E-state index in [2.05, 4.69) is 11.1 Å². The second kappa shape index (κ2) is 3.88. The Morgan fingerprint density at radius 2 is 2.50 bits per heavy atom. The first-order valence-electron chi connectivity index (χ1n) is 3.75. The van der Waals surface area contributed by atoms with Crippen molar-refractivity contribution < 1.29 is 0 Å². The van der Waals surface area contributed by atoms with Crippen LogP contribution in [0, 0.1) is 11.3 Å². The molecule has 0 aliphatic carbocycles. The topological polar surface area (TPSA) is 44.9 Å². The number of nitrogens with zero attached hydrogens (tertiary/aromatic N) is 4. The smallest absolute Gasteiger partial charge is 0.122 e. The Bertz CT molecular complexity index is 283. The maximum atomic E-state index is 8.42. The van der Waals surface area contributed by atoms with E-state index in [1.165, 1.54) is 0 Å². The van der Waals surface area contributed by atoms with Crippen LogP contribution in [-0.4, -0.2) is 28.0 Å². The molecule has 4 heteroatoms. The molecule has 4 nitrogen and oxygen atoms in total. The van der Waals surface area contributed by atoms with Crippen molar-refractivity contribution in [1.29, 1.82) is 5.26 Å². The summed E-state index contributed by atoms with van der Waals surface area (Å²) in [7, 11) is 3.85. The average Bonchev–Trinajstić information content (AvgIpc) is 2.37. The molecule has 0 spiro atoms. The van der Waals surface area contributed by atoms with Crippen molar-refractivity contribution >= 4 is 0 Å². The number of hydrogen-bond donors (Lipinski definition) is 0. The van der Waals surface area contributed by atoms with Crippen LogP contribution in [0.2, 0.25) is 0 Å². The molecule has 0 unspecified atom stereocenters. The lowest BCUT2D eigenvalue weighted by atomic mass is 10.5. The Balaban J connectivity index is 2.53. The zero-order chi connectivity index (χ0) is 8.97. The maximum Gasteiger partial charge on any atom is 0.122 e. The molecule has 0 bridgehead atoms. The minimum Gasteiger partial charge on any atom is -0.337 e. The number of rotatable bonds is 3. The Hall–Kier alpha value is -1.34. The van der Waals surface area contributed by atoms with Crippen LogP contribution in [-0.2, 0) is 13.6 Å². The number of aryl methyl sites for hydroxylation is 1. The van der Waals surface area contributed by atoms with Gasteiger partial charge in [0.15, 0.2) is 0 Å². The third kappa shape index (κ3) is 2.07. The van der Waals surface area contributed by atoms with Crippen molar-refractivity contribution in [2.24, 2.45) is 7.05 Å². The minimum absolute atomic E-state index is 0.437. The van der Waals surface area contributed by atoms with Gasteiger partial charge in [0.05, 0.1) is 19.2 Å². The van der Waals surface area contributed by atoms with E-state index in [-0.39, 0.29) is 0 Å².